The van der Waals surface area contributed by atoms with E-state index in [1.54, 1.807) is 12.1 Å². The zero-order valence-corrected chi connectivity index (χ0v) is 17.3. The lowest BCUT2D eigenvalue weighted by Crippen LogP contribution is -2.48. The predicted molar refractivity (Wildman–Crippen MR) is 103 cm³/mol. The van der Waals surface area contributed by atoms with Gasteiger partial charge in [0.05, 0.1) is 33.7 Å². The van der Waals surface area contributed by atoms with E-state index in [9.17, 15) is 4.79 Å². The number of ketones is 1. The minimum absolute atomic E-state index is 0.0651. The molecule has 0 bridgehead atoms. The molecule has 146 valence electrons. The summed E-state index contributed by atoms with van der Waals surface area (Å²) >= 11 is 18.5. The number of hydrogen-bond acceptors (Lipinski definition) is 5. The molecular weight excluding hydrogens is 413 g/mol. The van der Waals surface area contributed by atoms with Gasteiger partial charge in [-0.1, -0.05) is 47.8 Å². The Morgan fingerprint density at radius 1 is 1.30 bits per heavy atom. The summed E-state index contributed by atoms with van der Waals surface area (Å²) < 4.78 is 12.9. The third kappa shape index (κ3) is 4.30. The fraction of sp³-hybridized carbons (Fsp3) is 0.500. The van der Waals surface area contributed by atoms with Crippen molar-refractivity contribution in [3.63, 3.8) is 0 Å². The zero-order valence-electron chi connectivity index (χ0n) is 15.0. The van der Waals surface area contributed by atoms with Crippen LogP contribution in [0.15, 0.2) is 24.8 Å². The van der Waals surface area contributed by atoms with Crippen LogP contribution in [-0.2, 0) is 20.7 Å². The van der Waals surface area contributed by atoms with E-state index in [1.807, 2.05) is 13.8 Å². The average Bonchev–Trinajstić information content (AvgIpc) is 3.20. The van der Waals surface area contributed by atoms with Crippen molar-refractivity contribution in [3.05, 3.63) is 45.4 Å². The molecule has 0 N–H and O–H groups in total. The molecule has 1 aliphatic rings. The van der Waals surface area contributed by atoms with Crippen LogP contribution in [0.5, 0.6) is 0 Å². The largest absolute Gasteiger partial charge is 0.352 e. The minimum atomic E-state index is -0.801. The minimum Gasteiger partial charge on any atom is -0.352 e. The lowest BCUT2D eigenvalue weighted by Gasteiger charge is -2.37. The van der Waals surface area contributed by atoms with Crippen LogP contribution >= 0.6 is 34.8 Å². The SMILES string of the molecule is CCC1OCC(C)(C(=O)C(Cc2ccc(Cl)c(Cl)c2Cl)n2cncn2)CO1. The highest BCUT2D eigenvalue weighted by molar-refractivity contribution is 6.48. The van der Waals surface area contributed by atoms with Gasteiger partial charge in [0.1, 0.15) is 18.7 Å². The van der Waals surface area contributed by atoms with Gasteiger partial charge in [-0.15, -0.1) is 0 Å². The smallest absolute Gasteiger partial charge is 0.168 e. The van der Waals surface area contributed by atoms with E-state index in [1.165, 1.54) is 17.3 Å². The highest BCUT2D eigenvalue weighted by Crippen LogP contribution is 2.36. The first-order chi connectivity index (χ1) is 12.9. The Hall–Kier alpha value is -1.18. The van der Waals surface area contributed by atoms with Crippen LogP contribution in [0.3, 0.4) is 0 Å². The van der Waals surface area contributed by atoms with Crippen LogP contribution in [0, 0.1) is 5.41 Å². The van der Waals surface area contributed by atoms with Gasteiger partial charge in [-0.25, -0.2) is 9.67 Å². The summed E-state index contributed by atoms with van der Waals surface area (Å²) in [6.45, 7) is 4.37. The molecule has 9 heteroatoms. The van der Waals surface area contributed by atoms with Crippen LogP contribution in [0.25, 0.3) is 0 Å². The van der Waals surface area contributed by atoms with E-state index in [-0.39, 0.29) is 30.3 Å². The molecule has 6 nitrogen and oxygen atoms in total. The number of carbonyl (C=O) groups excluding carboxylic acids is 1. The number of carbonyl (C=O) groups is 1. The number of benzene rings is 1. The summed E-state index contributed by atoms with van der Waals surface area (Å²) in [4.78, 5) is 17.4. The first-order valence-electron chi connectivity index (χ1n) is 8.59. The van der Waals surface area contributed by atoms with Crippen molar-refractivity contribution < 1.29 is 14.3 Å². The summed E-state index contributed by atoms with van der Waals surface area (Å²) in [6.07, 6.45) is 3.65. The molecule has 0 radical (unpaired) electrons. The quantitative estimate of drug-likeness (QED) is 0.634. The van der Waals surface area contributed by atoms with Crippen LogP contribution < -0.4 is 0 Å². The Labute approximate surface area is 172 Å². The highest BCUT2D eigenvalue weighted by atomic mass is 35.5. The second kappa shape index (κ2) is 8.45. The summed E-state index contributed by atoms with van der Waals surface area (Å²) in [5.41, 5.74) is -0.0991. The number of nitrogens with zero attached hydrogens (tertiary/aromatic N) is 3. The molecule has 2 heterocycles. The molecule has 0 saturated carbocycles. The molecular formula is C18H20Cl3N3O3. The van der Waals surface area contributed by atoms with Crippen molar-refractivity contribution in [1.29, 1.82) is 0 Å². The summed E-state index contributed by atoms with van der Waals surface area (Å²) in [6, 6.07) is 2.79. The molecule has 0 aliphatic carbocycles. The molecule has 1 saturated heterocycles. The lowest BCUT2D eigenvalue weighted by molar-refractivity contribution is -0.224. The molecule has 0 spiro atoms. The van der Waals surface area contributed by atoms with Crippen molar-refractivity contribution in [2.75, 3.05) is 13.2 Å². The Morgan fingerprint density at radius 2 is 2.00 bits per heavy atom. The highest BCUT2D eigenvalue weighted by Gasteiger charge is 2.43. The van der Waals surface area contributed by atoms with Crippen molar-refractivity contribution >= 4 is 40.6 Å². The number of ether oxygens (including phenoxy) is 2. The van der Waals surface area contributed by atoms with E-state index in [0.29, 0.717) is 22.0 Å². The van der Waals surface area contributed by atoms with Crippen molar-refractivity contribution in [2.24, 2.45) is 5.41 Å². The third-order valence-electron chi connectivity index (χ3n) is 4.69. The number of hydrogen-bond donors (Lipinski definition) is 0. The van der Waals surface area contributed by atoms with Crippen LogP contribution in [0.4, 0.5) is 0 Å². The Bertz CT molecular complexity index is 806. The van der Waals surface area contributed by atoms with Crippen LogP contribution in [0.2, 0.25) is 15.1 Å². The van der Waals surface area contributed by atoms with Gasteiger partial charge in [-0.05, 0) is 25.0 Å². The Kier molecular flexibility index (Phi) is 6.43. The van der Waals surface area contributed by atoms with Crippen LogP contribution in [-0.4, -0.2) is 40.1 Å². The molecule has 27 heavy (non-hydrogen) atoms. The van der Waals surface area contributed by atoms with Gasteiger partial charge in [0.2, 0.25) is 0 Å². The molecule has 1 aliphatic heterocycles. The van der Waals surface area contributed by atoms with E-state index < -0.39 is 11.5 Å². The Balaban J connectivity index is 1.89. The monoisotopic (exact) mass is 431 g/mol. The number of rotatable bonds is 6. The molecule has 2 aromatic rings. The molecule has 3 rings (SSSR count). The zero-order chi connectivity index (χ0) is 19.6. The van der Waals surface area contributed by atoms with Crippen molar-refractivity contribution in [3.8, 4) is 0 Å². The maximum absolute atomic E-state index is 13.4. The van der Waals surface area contributed by atoms with E-state index in [4.69, 9.17) is 44.3 Å². The maximum atomic E-state index is 13.4. The third-order valence-corrected chi connectivity index (χ3v) is 6.02. The van der Waals surface area contributed by atoms with Gasteiger partial charge in [0.15, 0.2) is 12.1 Å². The summed E-state index contributed by atoms with van der Waals surface area (Å²) in [7, 11) is 0. The maximum Gasteiger partial charge on any atom is 0.168 e. The normalized spacial score (nSPS) is 24.0. The molecule has 1 aromatic heterocycles. The lowest BCUT2D eigenvalue weighted by atomic mass is 9.81. The number of halogens is 3. The van der Waals surface area contributed by atoms with Gasteiger partial charge >= 0.3 is 0 Å². The number of aromatic nitrogens is 3. The second-order valence-corrected chi connectivity index (χ2v) is 7.98. The fourth-order valence-electron chi connectivity index (χ4n) is 3.04. The van der Waals surface area contributed by atoms with Crippen molar-refractivity contribution in [2.45, 2.75) is 39.0 Å². The standard InChI is InChI=1S/C18H20Cl3N3O3/c1-3-14-26-7-18(2,8-27-14)17(25)13(24-10-22-9-23-24)6-11-4-5-12(19)16(21)15(11)20/h4-5,9-10,13-14H,3,6-8H2,1-2H3. The van der Waals surface area contributed by atoms with E-state index in [2.05, 4.69) is 10.1 Å². The van der Waals surface area contributed by atoms with Crippen molar-refractivity contribution in [1.82, 2.24) is 14.8 Å². The molecule has 1 unspecified atom stereocenters. The first-order valence-corrected chi connectivity index (χ1v) is 9.73. The second-order valence-electron chi connectivity index (χ2n) is 6.81. The average molecular weight is 433 g/mol. The van der Waals surface area contributed by atoms with Gasteiger partial charge < -0.3 is 9.47 Å². The molecule has 1 aromatic carbocycles. The van der Waals surface area contributed by atoms with Gasteiger partial charge in [0.25, 0.3) is 0 Å². The predicted octanol–water partition coefficient (Wildman–Crippen LogP) is 4.38. The fourth-order valence-corrected chi connectivity index (χ4v) is 3.67. The molecule has 0 amide bonds. The summed E-state index contributed by atoms with van der Waals surface area (Å²) in [5.74, 6) is -0.0651. The van der Waals surface area contributed by atoms with E-state index in [0.717, 1.165) is 6.42 Å². The molecule has 1 atom stereocenters. The first kappa shape index (κ1) is 20.6. The topological polar surface area (TPSA) is 66.2 Å². The van der Waals surface area contributed by atoms with Gasteiger partial charge in [-0.3, -0.25) is 4.79 Å². The molecule has 1 fully saturated rings. The summed E-state index contributed by atoms with van der Waals surface area (Å²) in [5, 5.41) is 5.12. The van der Waals surface area contributed by atoms with E-state index >= 15 is 0 Å². The number of Topliss-reactive ketones (excluding diaryl/α,β-unsaturated/α-hetero) is 1. The Morgan fingerprint density at radius 3 is 2.59 bits per heavy atom. The van der Waals surface area contributed by atoms with Gasteiger partial charge in [-0.2, -0.15) is 5.10 Å². The van der Waals surface area contributed by atoms with Gasteiger partial charge in [0, 0.05) is 6.42 Å². The van der Waals surface area contributed by atoms with Crippen LogP contribution in [0.1, 0.15) is 31.9 Å².